The van der Waals surface area contributed by atoms with E-state index >= 15 is 0 Å². The lowest BCUT2D eigenvalue weighted by molar-refractivity contribution is 0.432. The van der Waals surface area contributed by atoms with E-state index in [-0.39, 0.29) is 5.75 Å². The van der Waals surface area contributed by atoms with Crippen LogP contribution in [-0.4, -0.2) is 20.2 Å². The molecule has 0 aliphatic rings. The number of aromatic nitrogens is 3. The summed E-state index contributed by atoms with van der Waals surface area (Å²) in [6.07, 6.45) is 3.35. The Morgan fingerprint density at radius 2 is 1.84 bits per heavy atom. The first-order valence-corrected chi connectivity index (χ1v) is 6.26. The summed E-state index contributed by atoms with van der Waals surface area (Å²) in [4.78, 5) is 8.35. The number of phenols is 1. The van der Waals surface area contributed by atoms with Gasteiger partial charge in [0.25, 0.3) is 5.89 Å². The number of hydrogen-bond acceptors (Lipinski definition) is 5. The lowest BCUT2D eigenvalue weighted by Crippen LogP contribution is -1.83. The van der Waals surface area contributed by atoms with Crippen molar-refractivity contribution in [1.82, 2.24) is 15.1 Å². The van der Waals surface area contributed by atoms with Gasteiger partial charge in [0.1, 0.15) is 5.75 Å². The lowest BCUT2D eigenvalue weighted by Gasteiger charge is -1.94. The van der Waals surface area contributed by atoms with Gasteiger partial charge in [-0.3, -0.25) is 4.98 Å². The second kappa shape index (κ2) is 4.81. The molecule has 0 aliphatic heterocycles. The normalized spacial score (nSPS) is 10.6. The highest BCUT2D eigenvalue weighted by atomic mass is 79.9. The van der Waals surface area contributed by atoms with Crippen LogP contribution >= 0.6 is 15.9 Å². The molecule has 1 N–H and O–H groups in total. The van der Waals surface area contributed by atoms with Gasteiger partial charge >= 0.3 is 0 Å². The van der Waals surface area contributed by atoms with Crippen LogP contribution in [0, 0.1) is 0 Å². The minimum absolute atomic E-state index is 0.194. The van der Waals surface area contributed by atoms with Gasteiger partial charge in [-0.2, -0.15) is 4.98 Å². The minimum atomic E-state index is 0.194. The smallest absolute Gasteiger partial charge is 0.258 e. The number of pyridine rings is 1. The zero-order chi connectivity index (χ0) is 13.2. The molecule has 0 saturated heterocycles. The number of rotatable bonds is 2. The van der Waals surface area contributed by atoms with E-state index in [2.05, 4.69) is 31.1 Å². The molecule has 6 heteroatoms. The largest absolute Gasteiger partial charge is 0.508 e. The van der Waals surface area contributed by atoms with Crippen LogP contribution in [0.3, 0.4) is 0 Å². The van der Waals surface area contributed by atoms with Gasteiger partial charge in [0.05, 0.1) is 0 Å². The van der Waals surface area contributed by atoms with E-state index in [1.54, 1.807) is 36.7 Å². The predicted octanol–water partition coefficient (Wildman–Crippen LogP) is 3.27. The number of hydrogen-bond donors (Lipinski definition) is 1. The Morgan fingerprint density at radius 1 is 1.05 bits per heavy atom. The molecule has 19 heavy (non-hydrogen) atoms. The molecule has 0 atom stereocenters. The van der Waals surface area contributed by atoms with E-state index < -0.39 is 0 Å². The van der Waals surface area contributed by atoms with Crippen LogP contribution in [0.15, 0.2) is 51.7 Å². The fourth-order valence-electron chi connectivity index (χ4n) is 1.60. The molecule has 0 fully saturated rings. The molecule has 0 saturated carbocycles. The van der Waals surface area contributed by atoms with Crippen LogP contribution in [0.4, 0.5) is 0 Å². The maximum atomic E-state index is 9.24. The first-order chi connectivity index (χ1) is 9.22. The summed E-state index contributed by atoms with van der Waals surface area (Å²) in [5.41, 5.74) is 1.52. The van der Waals surface area contributed by atoms with Gasteiger partial charge in [-0.25, -0.2) is 0 Å². The number of halogens is 1. The molecule has 0 bridgehead atoms. The number of phenolic OH excluding ortho intramolecular Hbond substituents is 1. The van der Waals surface area contributed by atoms with Crippen LogP contribution < -0.4 is 0 Å². The zero-order valence-electron chi connectivity index (χ0n) is 9.62. The Balaban J connectivity index is 1.97. The second-order valence-corrected chi connectivity index (χ2v) is 4.78. The fraction of sp³-hybridized carbons (Fsp3) is 0. The van der Waals surface area contributed by atoms with Gasteiger partial charge in [0, 0.05) is 28.0 Å². The van der Waals surface area contributed by atoms with Gasteiger partial charge in [0.2, 0.25) is 5.82 Å². The van der Waals surface area contributed by atoms with Crippen molar-refractivity contribution in [3.05, 3.63) is 47.2 Å². The third-order valence-corrected chi connectivity index (χ3v) is 2.94. The molecule has 2 heterocycles. The van der Waals surface area contributed by atoms with Crippen LogP contribution in [0.5, 0.6) is 5.75 Å². The Kier molecular flexibility index (Phi) is 3.00. The lowest BCUT2D eigenvalue weighted by atomic mass is 10.2. The third-order valence-electron chi connectivity index (χ3n) is 2.50. The molecule has 3 rings (SSSR count). The Labute approximate surface area is 117 Å². The molecule has 0 aliphatic carbocycles. The summed E-state index contributed by atoms with van der Waals surface area (Å²) in [5.74, 6) is 1.06. The highest BCUT2D eigenvalue weighted by molar-refractivity contribution is 9.10. The standard InChI is InChI=1S/C13H8BrN3O2/c14-10-5-9(6-15-7-10)12-16-13(19-17-12)8-1-3-11(18)4-2-8/h1-7,18H. The molecule has 5 nitrogen and oxygen atoms in total. The Morgan fingerprint density at radius 3 is 2.58 bits per heavy atom. The van der Waals surface area contributed by atoms with E-state index in [1.165, 1.54) is 0 Å². The molecule has 0 amide bonds. The predicted molar refractivity (Wildman–Crippen MR) is 72.3 cm³/mol. The summed E-state index contributed by atoms with van der Waals surface area (Å²) in [6.45, 7) is 0. The van der Waals surface area contributed by atoms with Gasteiger partial charge in [0.15, 0.2) is 0 Å². The van der Waals surface area contributed by atoms with Crippen molar-refractivity contribution in [3.8, 4) is 28.6 Å². The molecule has 3 aromatic rings. The average Bonchev–Trinajstić information content (AvgIpc) is 2.89. The first kappa shape index (κ1) is 11.9. The van der Waals surface area contributed by atoms with Crippen LogP contribution in [0.25, 0.3) is 22.8 Å². The van der Waals surface area contributed by atoms with Crippen molar-refractivity contribution in [2.45, 2.75) is 0 Å². The monoisotopic (exact) mass is 317 g/mol. The van der Waals surface area contributed by atoms with Crippen LogP contribution in [0.2, 0.25) is 0 Å². The average molecular weight is 318 g/mol. The summed E-state index contributed by atoms with van der Waals surface area (Å²) in [7, 11) is 0. The topological polar surface area (TPSA) is 72.0 Å². The van der Waals surface area contributed by atoms with Gasteiger partial charge < -0.3 is 9.63 Å². The molecular weight excluding hydrogens is 310 g/mol. The number of aromatic hydroxyl groups is 1. The van der Waals surface area contributed by atoms with Crippen molar-refractivity contribution >= 4 is 15.9 Å². The molecule has 1 aromatic carbocycles. The highest BCUT2D eigenvalue weighted by Gasteiger charge is 2.11. The maximum Gasteiger partial charge on any atom is 0.258 e. The highest BCUT2D eigenvalue weighted by Crippen LogP contribution is 2.24. The van der Waals surface area contributed by atoms with Gasteiger partial charge in [-0.15, -0.1) is 0 Å². The first-order valence-electron chi connectivity index (χ1n) is 5.46. The SMILES string of the molecule is Oc1ccc(-c2nc(-c3cncc(Br)c3)no2)cc1. The quantitative estimate of drug-likeness (QED) is 0.785. The van der Waals surface area contributed by atoms with Crippen molar-refractivity contribution in [1.29, 1.82) is 0 Å². The number of nitrogens with zero attached hydrogens (tertiary/aromatic N) is 3. The van der Waals surface area contributed by atoms with E-state index in [4.69, 9.17) is 4.52 Å². The zero-order valence-corrected chi connectivity index (χ0v) is 11.2. The van der Waals surface area contributed by atoms with Crippen molar-refractivity contribution in [3.63, 3.8) is 0 Å². The third kappa shape index (κ3) is 2.48. The molecule has 2 aromatic heterocycles. The van der Waals surface area contributed by atoms with Gasteiger partial charge in [-0.1, -0.05) is 5.16 Å². The second-order valence-electron chi connectivity index (χ2n) is 3.86. The maximum absolute atomic E-state index is 9.24. The Hall–Kier alpha value is -2.21. The molecule has 0 spiro atoms. The summed E-state index contributed by atoms with van der Waals surface area (Å²) >= 11 is 3.34. The molecule has 0 radical (unpaired) electrons. The summed E-state index contributed by atoms with van der Waals surface area (Å²) in [5, 5.41) is 13.2. The minimum Gasteiger partial charge on any atom is -0.508 e. The van der Waals surface area contributed by atoms with E-state index in [0.717, 1.165) is 15.6 Å². The van der Waals surface area contributed by atoms with Crippen molar-refractivity contribution < 1.29 is 9.63 Å². The molecular formula is C13H8BrN3O2. The van der Waals surface area contributed by atoms with Gasteiger partial charge in [-0.05, 0) is 46.3 Å². The fourth-order valence-corrected chi connectivity index (χ4v) is 1.96. The van der Waals surface area contributed by atoms with Crippen LogP contribution in [0.1, 0.15) is 0 Å². The van der Waals surface area contributed by atoms with Crippen molar-refractivity contribution in [2.24, 2.45) is 0 Å². The summed E-state index contributed by atoms with van der Waals surface area (Å²) < 4.78 is 6.05. The Bertz CT molecular complexity index is 710. The summed E-state index contributed by atoms with van der Waals surface area (Å²) in [6, 6.07) is 8.43. The van der Waals surface area contributed by atoms with E-state index in [1.807, 2.05) is 6.07 Å². The molecule has 0 unspecified atom stereocenters. The molecule has 94 valence electrons. The van der Waals surface area contributed by atoms with Crippen molar-refractivity contribution in [2.75, 3.05) is 0 Å². The number of benzene rings is 1. The van der Waals surface area contributed by atoms with E-state index in [9.17, 15) is 5.11 Å². The van der Waals surface area contributed by atoms with E-state index in [0.29, 0.717) is 11.7 Å². The van der Waals surface area contributed by atoms with Crippen LogP contribution in [-0.2, 0) is 0 Å².